The SMILES string of the molecule is O=C(NO)c1cc2c(s1)CN(C(=O)Nc1cccc(C(F)(F)F)c1)CC2. The molecule has 3 rings (SSSR count). The molecule has 0 radical (unpaired) electrons. The number of anilines is 1. The second-order valence-corrected chi connectivity index (χ2v) is 6.82. The molecule has 0 saturated heterocycles. The largest absolute Gasteiger partial charge is 0.416 e. The Hall–Kier alpha value is -2.59. The minimum atomic E-state index is -4.48. The molecule has 0 unspecified atom stereocenters. The fourth-order valence-corrected chi connectivity index (χ4v) is 3.75. The van der Waals surface area contributed by atoms with Crippen LogP contribution in [-0.4, -0.2) is 28.6 Å². The van der Waals surface area contributed by atoms with Crippen LogP contribution in [0.3, 0.4) is 0 Å². The van der Waals surface area contributed by atoms with E-state index in [4.69, 9.17) is 5.21 Å². The zero-order valence-electron chi connectivity index (χ0n) is 13.3. The molecule has 0 atom stereocenters. The van der Waals surface area contributed by atoms with Crippen molar-refractivity contribution in [2.45, 2.75) is 19.1 Å². The summed E-state index contributed by atoms with van der Waals surface area (Å²) in [6.45, 7) is 0.609. The number of hydrogen-bond acceptors (Lipinski definition) is 4. The number of carbonyl (C=O) groups is 2. The van der Waals surface area contributed by atoms with Gasteiger partial charge in [0.25, 0.3) is 5.91 Å². The molecule has 26 heavy (non-hydrogen) atoms. The van der Waals surface area contributed by atoms with Gasteiger partial charge in [-0.15, -0.1) is 11.3 Å². The van der Waals surface area contributed by atoms with Crippen molar-refractivity contribution in [2.24, 2.45) is 0 Å². The number of rotatable bonds is 2. The highest BCUT2D eigenvalue weighted by Gasteiger charge is 2.31. The van der Waals surface area contributed by atoms with E-state index >= 15 is 0 Å². The van der Waals surface area contributed by atoms with E-state index in [0.717, 1.165) is 33.9 Å². The smallest absolute Gasteiger partial charge is 0.319 e. The van der Waals surface area contributed by atoms with Gasteiger partial charge in [0.05, 0.1) is 17.0 Å². The first-order valence-corrected chi connectivity index (χ1v) is 8.39. The summed E-state index contributed by atoms with van der Waals surface area (Å²) < 4.78 is 38.2. The first-order chi connectivity index (χ1) is 12.3. The van der Waals surface area contributed by atoms with Gasteiger partial charge >= 0.3 is 12.2 Å². The zero-order valence-corrected chi connectivity index (χ0v) is 14.1. The molecule has 2 aromatic rings. The van der Waals surface area contributed by atoms with Crippen LogP contribution >= 0.6 is 11.3 Å². The van der Waals surface area contributed by atoms with E-state index in [0.29, 0.717) is 17.8 Å². The normalized spacial score (nSPS) is 13.9. The average Bonchev–Trinajstić information content (AvgIpc) is 3.03. The van der Waals surface area contributed by atoms with Gasteiger partial charge in [-0.25, -0.2) is 10.3 Å². The van der Waals surface area contributed by atoms with Crippen molar-refractivity contribution in [2.75, 3.05) is 11.9 Å². The van der Waals surface area contributed by atoms with Gasteiger partial charge in [-0.2, -0.15) is 13.2 Å². The summed E-state index contributed by atoms with van der Waals surface area (Å²) in [7, 11) is 0. The van der Waals surface area contributed by atoms with Crippen LogP contribution in [0.4, 0.5) is 23.7 Å². The van der Waals surface area contributed by atoms with Crippen molar-refractivity contribution in [3.8, 4) is 0 Å². The molecular formula is C16H14F3N3O3S. The zero-order chi connectivity index (χ0) is 18.9. The number of fused-ring (bicyclic) bond motifs is 1. The van der Waals surface area contributed by atoms with Gasteiger partial charge in [0.15, 0.2) is 0 Å². The van der Waals surface area contributed by atoms with E-state index in [2.05, 4.69) is 5.32 Å². The number of amides is 3. The second kappa shape index (κ2) is 6.96. The maximum Gasteiger partial charge on any atom is 0.416 e. The number of urea groups is 1. The molecule has 0 saturated carbocycles. The van der Waals surface area contributed by atoms with Crippen molar-refractivity contribution in [3.63, 3.8) is 0 Å². The Kier molecular flexibility index (Phi) is 4.88. The molecule has 10 heteroatoms. The van der Waals surface area contributed by atoms with Crippen molar-refractivity contribution >= 4 is 29.0 Å². The quantitative estimate of drug-likeness (QED) is 0.547. The van der Waals surface area contributed by atoms with E-state index < -0.39 is 23.7 Å². The third kappa shape index (κ3) is 3.81. The maximum atomic E-state index is 12.7. The molecule has 1 aliphatic heterocycles. The minimum absolute atomic E-state index is 0.0575. The Morgan fingerprint density at radius 3 is 2.69 bits per heavy atom. The predicted molar refractivity (Wildman–Crippen MR) is 88.1 cm³/mol. The fraction of sp³-hybridized carbons (Fsp3) is 0.250. The van der Waals surface area contributed by atoms with Gasteiger partial charge in [-0.05, 0) is 36.2 Å². The number of carbonyl (C=O) groups excluding carboxylic acids is 2. The summed E-state index contributed by atoms with van der Waals surface area (Å²) in [5.41, 5.74) is 1.69. The van der Waals surface area contributed by atoms with Crippen LogP contribution in [0.2, 0.25) is 0 Å². The molecule has 1 aliphatic rings. The highest BCUT2D eigenvalue weighted by molar-refractivity contribution is 7.14. The molecular weight excluding hydrogens is 371 g/mol. The molecule has 1 aromatic carbocycles. The van der Waals surface area contributed by atoms with E-state index in [-0.39, 0.29) is 12.2 Å². The molecule has 138 valence electrons. The highest BCUT2D eigenvalue weighted by atomic mass is 32.1. The number of thiophene rings is 1. The van der Waals surface area contributed by atoms with Crippen LogP contribution in [0, 0.1) is 0 Å². The number of alkyl halides is 3. The Morgan fingerprint density at radius 2 is 2.00 bits per heavy atom. The first kappa shape index (κ1) is 18.2. The molecule has 1 aromatic heterocycles. The molecule has 3 N–H and O–H groups in total. The summed E-state index contributed by atoms with van der Waals surface area (Å²) in [4.78, 5) is 26.4. The van der Waals surface area contributed by atoms with Crippen LogP contribution < -0.4 is 10.8 Å². The fourth-order valence-electron chi connectivity index (χ4n) is 2.64. The molecule has 2 heterocycles. The lowest BCUT2D eigenvalue weighted by atomic mass is 10.1. The number of hydrogen-bond donors (Lipinski definition) is 3. The molecule has 0 fully saturated rings. The third-order valence-corrected chi connectivity index (χ3v) is 5.10. The van der Waals surface area contributed by atoms with Crippen LogP contribution in [0.25, 0.3) is 0 Å². The first-order valence-electron chi connectivity index (χ1n) is 7.57. The van der Waals surface area contributed by atoms with Gasteiger partial charge in [0.1, 0.15) is 0 Å². The Labute approximate surface area is 150 Å². The van der Waals surface area contributed by atoms with Crippen molar-refractivity contribution in [3.05, 3.63) is 51.2 Å². The predicted octanol–water partition coefficient (Wildman–Crippen LogP) is 3.48. The van der Waals surface area contributed by atoms with E-state index in [1.807, 2.05) is 0 Å². The summed E-state index contributed by atoms with van der Waals surface area (Å²) in [5, 5.41) is 11.2. The summed E-state index contributed by atoms with van der Waals surface area (Å²) in [5.74, 6) is -0.621. The number of nitrogens with zero attached hydrogens (tertiary/aromatic N) is 1. The molecule has 0 bridgehead atoms. The van der Waals surface area contributed by atoms with Gasteiger partial charge in [0, 0.05) is 17.1 Å². The topological polar surface area (TPSA) is 81.7 Å². The average molecular weight is 385 g/mol. The standard InChI is InChI=1S/C16H14F3N3O3S/c17-16(18,19)10-2-1-3-11(7-10)20-15(24)22-5-4-9-6-12(14(23)21-25)26-13(9)8-22/h1-3,6-7,25H,4-5,8H2,(H,20,24)(H,21,23). The van der Waals surface area contributed by atoms with Crippen LogP contribution in [0.15, 0.2) is 30.3 Å². The van der Waals surface area contributed by atoms with Crippen molar-refractivity contribution in [1.82, 2.24) is 10.4 Å². The summed E-state index contributed by atoms with van der Waals surface area (Å²) in [6.07, 6.45) is -3.97. The van der Waals surface area contributed by atoms with Crippen LogP contribution in [-0.2, 0) is 19.1 Å². The van der Waals surface area contributed by atoms with Gasteiger partial charge in [-0.3, -0.25) is 10.0 Å². The van der Waals surface area contributed by atoms with Crippen LogP contribution in [0.5, 0.6) is 0 Å². The van der Waals surface area contributed by atoms with Crippen molar-refractivity contribution in [1.29, 1.82) is 0 Å². The Balaban J connectivity index is 1.70. The number of hydroxylamine groups is 1. The van der Waals surface area contributed by atoms with E-state index in [9.17, 15) is 22.8 Å². The number of benzene rings is 1. The third-order valence-electron chi connectivity index (χ3n) is 3.94. The van der Waals surface area contributed by atoms with Crippen LogP contribution in [0.1, 0.15) is 25.7 Å². The Morgan fingerprint density at radius 1 is 1.23 bits per heavy atom. The monoisotopic (exact) mass is 385 g/mol. The number of nitrogens with one attached hydrogen (secondary N) is 2. The highest BCUT2D eigenvalue weighted by Crippen LogP contribution is 2.31. The van der Waals surface area contributed by atoms with Crippen molar-refractivity contribution < 1.29 is 28.0 Å². The summed E-state index contributed by atoms with van der Waals surface area (Å²) in [6, 6.07) is 5.57. The lowest BCUT2D eigenvalue weighted by Crippen LogP contribution is -2.38. The maximum absolute atomic E-state index is 12.7. The lowest BCUT2D eigenvalue weighted by molar-refractivity contribution is -0.137. The lowest BCUT2D eigenvalue weighted by Gasteiger charge is -2.27. The molecule has 6 nitrogen and oxygen atoms in total. The molecule has 0 aliphatic carbocycles. The molecule has 3 amide bonds. The van der Waals surface area contributed by atoms with Gasteiger partial charge in [0.2, 0.25) is 0 Å². The summed E-state index contributed by atoms with van der Waals surface area (Å²) >= 11 is 1.16. The second-order valence-electron chi connectivity index (χ2n) is 5.68. The van der Waals surface area contributed by atoms with E-state index in [1.54, 1.807) is 11.5 Å². The number of halogens is 3. The Bertz CT molecular complexity index is 851. The van der Waals surface area contributed by atoms with Gasteiger partial charge < -0.3 is 10.2 Å². The van der Waals surface area contributed by atoms with E-state index in [1.165, 1.54) is 17.0 Å². The minimum Gasteiger partial charge on any atom is -0.319 e. The van der Waals surface area contributed by atoms with Gasteiger partial charge in [-0.1, -0.05) is 6.07 Å². The molecule has 0 spiro atoms.